The molecule has 0 aliphatic carbocycles. The van der Waals surface area contributed by atoms with Gasteiger partial charge in [-0.3, -0.25) is 0 Å². The van der Waals surface area contributed by atoms with Crippen LogP contribution < -0.4 is 10.1 Å². The number of ether oxygens (including phenoxy) is 2. The fourth-order valence-electron chi connectivity index (χ4n) is 3.24. The lowest BCUT2D eigenvalue weighted by molar-refractivity contribution is -0.136. The molecule has 0 unspecified atom stereocenters. The SMILES string of the molecule is CCCCCCOc1ccc([C@H]2C(C(=O)OC)=C(C)Nc3ncnn32)cc1. The Kier molecular flexibility index (Phi) is 6.11. The highest BCUT2D eigenvalue weighted by Crippen LogP contribution is 2.35. The van der Waals surface area contributed by atoms with Crippen LogP contribution in [-0.2, 0) is 9.53 Å². The number of nitrogens with one attached hydrogen (secondary N) is 1. The summed E-state index contributed by atoms with van der Waals surface area (Å²) < 4.78 is 12.5. The Bertz CT molecular complexity index is 811. The van der Waals surface area contributed by atoms with Crippen molar-refractivity contribution < 1.29 is 14.3 Å². The lowest BCUT2D eigenvalue weighted by atomic mass is 9.96. The molecule has 1 atom stereocenters. The van der Waals surface area contributed by atoms with E-state index < -0.39 is 6.04 Å². The second-order valence-electron chi connectivity index (χ2n) is 6.56. The predicted octanol–water partition coefficient (Wildman–Crippen LogP) is 3.70. The number of hydrogen-bond donors (Lipinski definition) is 1. The molecule has 0 bridgehead atoms. The summed E-state index contributed by atoms with van der Waals surface area (Å²) >= 11 is 0. The van der Waals surface area contributed by atoms with E-state index in [-0.39, 0.29) is 5.97 Å². The Morgan fingerprint density at radius 2 is 2.00 bits per heavy atom. The van der Waals surface area contributed by atoms with Crippen LogP contribution in [0, 0.1) is 0 Å². The predicted molar refractivity (Wildman–Crippen MR) is 103 cm³/mol. The number of aromatic nitrogens is 3. The minimum absolute atomic E-state index is 0.387. The van der Waals surface area contributed by atoms with Gasteiger partial charge < -0.3 is 14.8 Å². The van der Waals surface area contributed by atoms with Gasteiger partial charge in [-0.2, -0.15) is 10.1 Å². The van der Waals surface area contributed by atoms with Gasteiger partial charge in [0, 0.05) is 5.70 Å². The first-order chi connectivity index (χ1) is 13.2. The standard InChI is InChI=1S/C20H26N4O3/c1-4-5-6-7-12-27-16-10-8-15(9-11-16)18-17(19(25)26-3)14(2)23-20-21-13-22-24(18)20/h8-11,13,18H,4-7,12H2,1-3H3,(H,21,22,23)/t18-/m0/s1. The molecule has 0 radical (unpaired) electrons. The van der Waals surface area contributed by atoms with Gasteiger partial charge in [-0.15, -0.1) is 0 Å². The maximum absolute atomic E-state index is 12.4. The second-order valence-corrected chi connectivity index (χ2v) is 6.56. The zero-order valence-electron chi connectivity index (χ0n) is 16.1. The van der Waals surface area contributed by atoms with E-state index in [1.165, 1.54) is 32.7 Å². The van der Waals surface area contributed by atoms with E-state index in [2.05, 4.69) is 22.3 Å². The van der Waals surface area contributed by atoms with Crippen molar-refractivity contribution in [2.24, 2.45) is 0 Å². The molecule has 0 saturated carbocycles. The molecular weight excluding hydrogens is 344 g/mol. The first kappa shape index (κ1) is 18.9. The Labute approximate surface area is 159 Å². The normalized spacial score (nSPS) is 15.9. The van der Waals surface area contributed by atoms with Crippen molar-refractivity contribution in [3.63, 3.8) is 0 Å². The van der Waals surface area contributed by atoms with Gasteiger partial charge in [-0.1, -0.05) is 38.3 Å². The van der Waals surface area contributed by atoms with Gasteiger partial charge in [0.25, 0.3) is 0 Å². The van der Waals surface area contributed by atoms with Gasteiger partial charge in [-0.05, 0) is 31.0 Å². The van der Waals surface area contributed by atoms with E-state index in [4.69, 9.17) is 9.47 Å². The average Bonchev–Trinajstić information content (AvgIpc) is 3.14. The van der Waals surface area contributed by atoms with Crippen molar-refractivity contribution in [2.75, 3.05) is 19.0 Å². The van der Waals surface area contributed by atoms with E-state index in [9.17, 15) is 4.79 Å². The fraction of sp³-hybridized carbons (Fsp3) is 0.450. The molecule has 0 spiro atoms. The lowest BCUT2D eigenvalue weighted by Crippen LogP contribution is -2.29. The van der Waals surface area contributed by atoms with Gasteiger partial charge in [0.15, 0.2) is 0 Å². The van der Waals surface area contributed by atoms with Crippen LogP contribution in [0.2, 0.25) is 0 Å². The Hall–Kier alpha value is -2.83. The first-order valence-corrected chi connectivity index (χ1v) is 9.34. The fourth-order valence-corrected chi connectivity index (χ4v) is 3.24. The van der Waals surface area contributed by atoms with Crippen LogP contribution in [0.1, 0.15) is 51.1 Å². The third kappa shape index (κ3) is 4.13. The first-order valence-electron chi connectivity index (χ1n) is 9.34. The van der Waals surface area contributed by atoms with Gasteiger partial charge in [0.1, 0.15) is 18.1 Å². The van der Waals surface area contributed by atoms with E-state index in [0.29, 0.717) is 23.8 Å². The number of nitrogens with zero attached hydrogens (tertiary/aromatic N) is 3. The number of hydrogen-bond acceptors (Lipinski definition) is 6. The molecule has 2 heterocycles. The molecule has 1 aromatic carbocycles. The molecule has 144 valence electrons. The van der Waals surface area contributed by atoms with Crippen molar-refractivity contribution in [1.82, 2.24) is 14.8 Å². The number of esters is 1. The number of benzene rings is 1. The topological polar surface area (TPSA) is 78.3 Å². The minimum atomic E-state index is -0.394. The second kappa shape index (κ2) is 8.70. The molecule has 0 fully saturated rings. The van der Waals surface area contributed by atoms with E-state index >= 15 is 0 Å². The zero-order valence-corrected chi connectivity index (χ0v) is 16.1. The number of methoxy groups -OCH3 is 1. The molecule has 1 N–H and O–H groups in total. The van der Waals surface area contributed by atoms with Crippen LogP contribution in [0.15, 0.2) is 41.9 Å². The Morgan fingerprint density at radius 1 is 1.22 bits per heavy atom. The molecule has 7 nitrogen and oxygen atoms in total. The number of carbonyl (C=O) groups excluding carboxylic acids is 1. The molecule has 0 amide bonds. The van der Waals surface area contributed by atoms with Crippen molar-refractivity contribution in [1.29, 1.82) is 0 Å². The summed E-state index contributed by atoms with van der Waals surface area (Å²) in [4.78, 5) is 16.6. The van der Waals surface area contributed by atoms with Gasteiger partial charge in [-0.25, -0.2) is 9.48 Å². The number of carbonyl (C=O) groups is 1. The quantitative estimate of drug-likeness (QED) is 0.564. The van der Waals surface area contributed by atoms with Crippen LogP contribution in [0.5, 0.6) is 5.75 Å². The number of unbranched alkanes of at least 4 members (excludes halogenated alkanes) is 3. The molecule has 27 heavy (non-hydrogen) atoms. The van der Waals surface area contributed by atoms with E-state index in [1.54, 1.807) is 4.68 Å². The molecule has 2 aromatic rings. The van der Waals surface area contributed by atoms with Crippen LogP contribution in [0.3, 0.4) is 0 Å². The number of anilines is 1. The van der Waals surface area contributed by atoms with Crippen LogP contribution in [0.4, 0.5) is 5.95 Å². The van der Waals surface area contributed by atoms with Crippen LogP contribution >= 0.6 is 0 Å². The van der Waals surface area contributed by atoms with Crippen molar-refractivity contribution >= 4 is 11.9 Å². The summed E-state index contributed by atoms with van der Waals surface area (Å²) in [5.41, 5.74) is 2.15. The third-order valence-corrected chi connectivity index (χ3v) is 4.66. The number of allylic oxidation sites excluding steroid dienone is 1. The summed E-state index contributed by atoms with van der Waals surface area (Å²) in [5.74, 6) is 1.03. The molecule has 7 heteroatoms. The number of rotatable bonds is 8. The third-order valence-electron chi connectivity index (χ3n) is 4.66. The summed E-state index contributed by atoms with van der Waals surface area (Å²) in [6.07, 6.45) is 6.16. The molecule has 3 rings (SSSR count). The van der Waals surface area contributed by atoms with Crippen molar-refractivity contribution in [2.45, 2.75) is 45.6 Å². The van der Waals surface area contributed by atoms with Crippen molar-refractivity contribution in [3.8, 4) is 5.75 Å². The highest BCUT2D eigenvalue weighted by Gasteiger charge is 2.33. The number of fused-ring (bicyclic) bond motifs is 1. The molecular formula is C20H26N4O3. The molecule has 1 aromatic heterocycles. The summed E-state index contributed by atoms with van der Waals surface area (Å²) in [5, 5.41) is 7.39. The summed E-state index contributed by atoms with van der Waals surface area (Å²) in [7, 11) is 1.38. The average molecular weight is 370 g/mol. The van der Waals surface area contributed by atoms with Crippen molar-refractivity contribution in [3.05, 3.63) is 47.4 Å². The maximum atomic E-state index is 12.4. The summed E-state index contributed by atoms with van der Waals surface area (Å²) in [6.45, 7) is 4.75. The smallest absolute Gasteiger partial charge is 0.338 e. The Balaban J connectivity index is 1.80. The van der Waals surface area contributed by atoms with Crippen LogP contribution in [0.25, 0.3) is 0 Å². The highest BCUT2D eigenvalue weighted by molar-refractivity contribution is 5.92. The maximum Gasteiger partial charge on any atom is 0.338 e. The summed E-state index contributed by atoms with van der Waals surface area (Å²) in [6, 6.07) is 7.38. The molecule has 1 aliphatic heterocycles. The largest absolute Gasteiger partial charge is 0.494 e. The van der Waals surface area contributed by atoms with Gasteiger partial charge in [0.05, 0.1) is 19.3 Å². The van der Waals surface area contributed by atoms with Crippen LogP contribution in [-0.4, -0.2) is 34.5 Å². The van der Waals surface area contributed by atoms with E-state index in [1.807, 2.05) is 31.2 Å². The van der Waals surface area contributed by atoms with E-state index in [0.717, 1.165) is 17.7 Å². The van der Waals surface area contributed by atoms with Gasteiger partial charge >= 0.3 is 5.97 Å². The molecule has 0 saturated heterocycles. The molecule has 1 aliphatic rings. The zero-order chi connectivity index (χ0) is 19.2. The monoisotopic (exact) mass is 370 g/mol. The lowest BCUT2D eigenvalue weighted by Gasteiger charge is -2.28. The minimum Gasteiger partial charge on any atom is -0.494 e. The Morgan fingerprint density at radius 3 is 2.70 bits per heavy atom. The van der Waals surface area contributed by atoms with Gasteiger partial charge in [0.2, 0.25) is 5.95 Å². The highest BCUT2D eigenvalue weighted by atomic mass is 16.5.